The van der Waals surface area contributed by atoms with Crippen molar-refractivity contribution in [2.45, 2.75) is 57.8 Å². The minimum atomic E-state index is 0.235. The number of fused-ring (bicyclic) bond motifs is 1. The van der Waals surface area contributed by atoms with Gasteiger partial charge in [-0.25, -0.2) is 0 Å². The second-order valence-electron chi connectivity index (χ2n) is 9.28. The fourth-order valence-electron chi connectivity index (χ4n) is 5.50. The molecule has 162 valence electrons. The van der Waals surface area contributed by atoms with Gasteiger partial charge in [0.25, 0.3) is 0 Å². The van der Waals surface area contributed by atoms with Gasteiger partial charge in [0.15, 0.2) is 5.78 Å². The first-order valence-electron chi connectivity index (χ1n) is 12.0. The van der Waals surface area contributed by atoms with Crippen LogP contribution in [0.25, 0.3) is 0 Å². The summed E-state index contributed by atoms with van der Waals surface area (Å²) in [5.41, 5.74) is 7.37. The summed E-state index contributed by atoms with van der Waals surface area (Å²) in [6, 6.07) is 12.9. The van der Waals surface area contributed by atoms with E-state index in [9.17, 15) is 9.59 Å². The lowest BCUT2D eigenvalue weighted by atomic mass is 9.94. The van der Waals surface area contributed by atoms with Crippen LogP contribution in [0.2, 0.25) is 0 Å². The van der Waals surface area contributed by atoms with E-state index >= 15 is 0 Å². The summed E-state index contributed by atoms with van der Waals surface area (Å²) >= 11 is 0. The third kappa shape index (κ3) is 4.31. The van der Waals surface area contributed by atoms with Crippen LogP contribution in [0.4, 0.5) is 5.69 Å². The maximum Gasteiger partial charge on any atom is 0.227 e. The summed E-state index contributed by atoms with van der Waals surface area (Å²) in [5.74, 6) is 0.498. The molecule has 0 fully saturated rings. The number of carbonyl (C=O) groups excluding carboxylic acids is 2. The van der Waals surface area contributed by atoms with Crippen molar-refractivity contribution in [1.82, 2.24) is 4.90 Å². The number of amides is 1. The number of rotatable bonds is 7. The van der Waals surface area contributed by atoms with Crippen molar-refractivity contribution in [2.75, 3.05) is 31.1 Å². The molecule has 31 heavy (non-hydrogen) atoms. The van der Waals surface area contributed by atoms with Crippen LogP contribution in [0.15, 0.2) is 36.4 Å². The molecule has 4 nitrogen and oxygen atoms in total. The number of hydrogen-bond acceptors (Lipinski definition) is 3. The van der Waals surface area contributed by atoms with Crippen LogP contribution in [0.5, 0.6) is 0 Å². The largest absolute Gasteiger partial charge is 0.312 e. The van der Waals surface area contributed by atoms with Crippen LogP contribution in [0.3, 0.4) is 0 Å². The number of ketones is 1. The molecule has 0 saturated heterocycles. The second kappa shape index (κ2) is 8.96. The summed E-state index contributed by atoms with van der Waals surface area (Å²) < 4.78 is 0. The highest BCUT2D eigenvalue weighted by molar-refractivity contribution is 6.02. The predicted octanol–water partition coefficient (Wildman–Crippen LogP) is 4.37. The zero-order valence-electron chi connectivity index (χ0n) is 18.4. The number of Topliss-reactive ketones (excluding diaryl/α,β-unsaturated/α-hetero) is 1. The average molecular weight is 417 g/mol. The van der Waals surface area contributed by atoms with Crippen molar-refractivity contribution < 1.29 is 9.59 Å². The van der Waals surface area contributed by atoms with E-state index < -0.39 is 0 Å². The lowest BCUT2D eigenvalue weighted by Crippen LogP contribution is -2.32. The van der Waals surface area contributed by atoms with E-state index in [0.717, 1.165) is 82.4 Å². The molecular weight excluding hydrogens is 384 g/mol. The molecule has 0 aromatic heterocycles. The number of unbranched alkanes of at least 4 members (excludes halogenated alkanes) is 2. The SMILES string of the molecule is O=C(CCCCCN1CCc2ccccc2CC1)c1cc2c3c(c1)CCN3C(=O)CC2. The molecule has 0 saturated carbocycles. The van der Waals surface area contributed by atoms with Gasteiger partial charge in [-0.3, -0.25) is 9.59 Å². The molecule has 0 unspecified atom stereocenters. The first kappa shape index (κ1) is 20.4. The quantitative estimate of drug-likeness (QED) is 0.497. The van der Waals surface area contributed by atoms with Gasteiger partial charge in [0.2, 0.25) is 5.91 Å². The van der Waals surface area contributed by atoms with Crippen molar-refractivity contribution in [1.29, 1.82) is 0 Å². The van der Waals surface area contributed by atoms with Gasteiger partial charge in [-0.2, -0.15) is 0 Å². The van der Waals surface area contributed by atoms with E-state index in [1.807, 2.05) is 4.90 Å². The molecule has 3 heterocycles. The number of nitrogens with zero attached hydrogens (tertiary/aromatic N) is 2. The second-order valence-corrected chi connectivity index (χ2v) is 9.28. The van der Waals surface area contributed by atoms with Crippen LogP contribution in [-0.4, -0.2) is 42.8 Å². The molecule has 1 amide bonds. The molecule has 0 bridgehead atoms. The fraction of sp³-hybridized carbons (Fsp3) is 0.481. The summed E-state index contributed by atoms with van der Waals surface area (Å²) in [6.45, 7) is 4.20. The maximum absolute atomic E-state index is 12.8. The van der Waals surface area contributed by atoms with E-state index in [0.29, 0.717) is 12.8 Å². The molecule has 5 rings (SSSR count). The van der Waals surface area contributed by atoms with Gasteiger partial charge in [-0.15, -0.1) is 0 Å². The van der Waals surface area contributed by atoms with Crippen LogP contribution >= 0.6 is 0 Å². The lowest BCUT2D eigenvalue weighted by Gasteiger charge is -2.25. The summed E-state index contributed by atoms with van der Waals surface area (Å²) in [6.07, 6.45) is 8.40. The predicted molar refractivity (Wildman–Crippen MR) is 124 cm³/mol. The Morgan fingerprint density at radius 3 is 2.19 bits per heavy atom. The molecule has 0 radical (unpaired) electrons. The molecular formula is C27H32N2O2. The van der Waals surface area contributed by atoms with Gasteiger partial charge < -0.3 is 9.80 Å². The summed E-state index contributed by atoms with van der Waals surface area (Å²) in [4.78, 5) is 29.4. The smallest absolute Gasteiger partial charge is 0.227 e. The van der Waals surface area contributed by atoms with Gasteiger partial charge in [-0.05, 0) is 79.5 Å². The molecule has 0 spiro atoms. The van der Waals surface area contributed by atoms with Crippen molar-refractivity contribution >= 4 is 17.4 Å². The number of hydrogen-bond donors (Lipinski definition) is 0. The molecule has 3 aliphatic rings. The van der Waals surface area contributed by atoms with Gasteiger partial charge >= 0.3 is 0 Å². The molecule has 0 atom stereocenters. The van der Waals surface area contributed by atoms with Gasteiger partial charge in [0.1, 0.15) is 0 Å². The molecule has 2 aromatic carbocycles. The maximum atomic E-state index is 12.8. The first-order chi connectivity index (χ1) is 15.2. The number of aryl methyl sites for hydroxylation is 1. The Balaban J connectivity index is 1.08. The topological polar surface area (TPSA) is 40.6 Å². The standard InChI is InChI=1S/C27H32N2O2/c30-25(24-18-22-9-10-26(31)29-17-13-23(19-24)27(22)29)8-2-1-5-14-28-15-11-20-6-3-4-7-21(20)12-16-28/h3-4,6-7,18-19H,1-2,5,8-17H2. The average Bonchev–Trinajstić information content (AvgIpc) is 3.12. The molecule has 2 aromatic rings. The Labute approximate surface area is 185 Å². The van der Waals surface area contributed by atoms with Crippen LogP contribution in [0, 0.1) is 0 Å². The van der Waals surface area contributed by atoms with Crippen LogP contribution in [0.1, 0.15) is 64.7 Å². The van der Waals surface area contributed by atoms with Gasteiger partial charge in [-0.1, -0.05) is 30.7 Å². The number of benzene rings is 2. The van der Waals surface area contributed by atoms with E-state index in [2.05, 4.69) is 41.3 Å². The zero-order valence-corrected chi connectivity index (χ0v) is 18.4. The third-order valence-electron chi connectivity index (χ3n) is 7.26. The van der Waals surface area contributed by atoms with Crippen LogP contribution < -0.4 is 4.90 Å². The van der Waals surface area contributed by atoms with Gasteiger partial charge in [0, 0.05) is 38.0 Å². The van der Waals surface area contributed by atoms with Gasteiger partial charge in [0.05, 0.1) is 5.69 Å². The van der Waals surface area contributed by atoms with Crippen LogP contribution in [-0.2, 0) is 30.5 Å². The van der Waals surface area contributed by atoms with E-state index in [1.165, 1.54) is 22.3 Å². The highest BCUT2D eigenvalue weighted by Gasteiger charge is 2.31. The van der Waals surface area contributed by atoms with E-state index in [4.69, 9.17) is 0 Å². The summed E-state index contributed by atoms with van der Waals surface area (Å²) in [7, 11) is 0. The molecule has 0 aliphatic carbocycles. The fourth-order valence-corrected chi connectivity index (χ4v) is 5.50. The van der Waals surface area contributed by atoms with Crippen molar-refractivity contribution in [2.24, 2.45) is 0 Å². The third-order valence-corrected chi connectivity index (χ3v) is 7.26. The highest BCUT2D eigenvalue weighted by atomic mass is 16.2. The molecule has 4 heteroatoms. The lowest BCUT2D eigenvalue weighted by molar-refractivity contribution is -0.118. The zero-order chi connectivity index (χ0) is 21.2. The summed E-state index contributed by atoms with van der Waals surface area (Å²) in [5, 5.41) is 0. The monoisotopic (exact) mass is 416 g/mol. The highest BCUT2D eigenvalue weighted by Crippen LogP contribution is 2.37. The normalized spacial score (nSPS) is 17.9. The Hall–Kier alpha value is -2.46. The Morgan fingerprint density at radius 2 is 1.45 bits per heavy atom. The minimum absolute atomic E-state index is 0.235. The van der Waals surface area contributed by atoms with E-state index in [-0.39, 0.29) is 11.7 Å². The van der Waals surface area contributed by atoms with E-state index in [1.54, 1.807) is 0 Å². The first-order valence-corrected chi connectivity index (χ1v) is 12.0. The molecule has 3 aliphatic heterocycles. The van der Waals surface area contributed by atoms with Crippen molar-refractivity contribution in [3.63, 3.8) is 0 Å². The Morgan fingerprint density at radius 1 is 0.774 bits per heavy atom. The Kier molecular flexibility index (Phi) is 5.91. The number of carbonyl (C=O) groups is 2. The minimum Gasteiger partial charge on any atom is -0.312 e. The molecule has 0 N–H and O–H groups in total. The Bertz CT molecular complexity index is 970. The van der Waals surface area contributed by atoms with Crippen molar-refractivity contribution in [3.8, 4) is 0 Å². The van der Waals surface area contributed by atoms with Crippen molar-refractivity contribution in [3.05, 3.63) is 64.2 Å². The number of anilines is 1.